The molecule has 1 aromatic heterocycles. The van der Waals surface area contributed by atoms with E-state index < -0.39 is 0 Å². The standard InChI is InChI=1S/C18H18N6/c1-18(2,3)14-8-15-22-16(12-6-4-11(9-19)5-7-12)13(10-20)17(21)24(15)23-14/h4-8,16,22H,21H2,1-3H3. The number of nitrogens with one attached hydrogen (secondary N) is 1. The quantitative estimate of drug-likeness (QED) is 0.841. The molecular formula is C18H18N6. The zero-order chi connectivity index (χ0) is 17.5. The van der Waals surface area contributed by atoms with Crippen LogP contribution in [0.15, 0.2) is 35.9 Å². The number of nitriles is 2. The first-order valence-corrected chi connectivity index (χ1v) is 7.62. The van der Waals surface area contributed by atoms with Crippen molar-refractivity contribution in [3.05, 3.63) is 52.7 Å². The maximum Gasteiger partial charge on any atom is 0.143 e. The van der Waals surface area contributed by atoms with Gasteiger partial charge in [-0.1, -0.05) is 32.9 Å². The van der Waals surface area contributed by atoms with Crippen LogP contribution >= 0.6 is 0 Å². The van der Waals surface area contributed by atoms with Crippen molar-refractivity contribution in [2.45, 2.75) is 32.2 Å². The largest absolute Gasteiger partial charge is 0.383 e. The number of fused-ring (bicyclic) bond motifs is 1. The molecule has 6 nitrogen and oxygen atoms in total. The van der Waals surface area contributed by atoms with Crippen LogP contribution < -0.4 is 11.1 Å². The van der Waals surface area contributed by atoms with Crippen LogP contribution in [0.2, 0.25) is 0 Å². The van der Waals surface area contributed by atoms with Gasteiger partial charge in [-0.15, -0.1) is 0 Å². The highest BCUT2D eigenvalue weighted by Crippen LogP contribution is 2.35. The van der Waals surface area contributed by atoms with Crippen molar-refractivity contribution in [1.29, 1.82) is 10.5 Å². The fourth-order valence-corrected chi connectivity index (χ4v) is 2.64. The first kappa shape index (κ1) is 15.6. The minimum atomic E-state index is -0.361. The van der Waals surface area contributed by atoms with Gasteiger partial charge in [-0.25, -0.2) is 4.68 Å². The number of rotatable bonds is 1. The average molecular weight is 318 g/mol. The molecule has 0 bridgehead atoms. The van der Waals surface area contributed by atoms with Crippen molar-refractivity contribution >= 4 is 11.6 Å². The Balaban J connectivity index is 2.08. The predicted octanol–water partition coefficient (Wildman–Crippen LogP) is 2.87. The van der Waals surface area contributed by atoms with Gasteiger partial charge >= 0.3 is 0 Å². The van der Waals surface area contributed by atoms with Crippen LogP contribution in [0.4, 0.5) is 5.82 Å². The van der Waals surface area contributed by atoms with Crippen LogP contribution in [0.1, 0.15) is 43.6 Å². The highest BCUT2D eigenvalue weighted by atomic mass is 15.4. The Bertz CT molecular complexity index is 897. The monoisotopic (exact) mass is 318 g/mol. The van der Waals surface area contributed by atoms with E-state index in [0.717, 1.165) is 17.1 Å². The fourth-order valence-electron chi connectivity index (χ4n) is 2.64. The maximum atomic E-state index is 9.56. The number of anilines is 1. The lowest BCUT2D eigenvalue weighted by molar-refractivity contribution is 0.560. The number of hydrogen-bond acceptors (Lipinski definition) is 5. The van der Waals surface area contributed by atoms with Gasteiger partial charge < -0.3 is 11.1 Å². The van der Waals surface area contributed by atoms with E-state index in [1.165, 1.54) is 0 Å². The molecule has 24 heavy (non-hydrogen) atoms. The summed E-state index contributed by atoms with van der Waals surface area (Å²) in [5, 5.41) is 26.4. The highest BCUT2D eigenvalue weighted by Gasteiger charge is 2.30. The predicted molar refractivity (Wildman–Crippen MR) is 91.5 cm³/mol. The molecule has 3 N–H and O–H groups in total. The molecular weight excluding hydrogens is 300 g/mol. The number of benzene rings is 1. The highest BCUT2D eigenvalue weighted by molar-refractivity contribution is 5.67. The molecule has 0 aliphatic carbocycles. The first-order valence-electron chi connectivity index (χ1n) is 7.62. The molecule has 0 spiro atoms. The van der Waals surface area contributed by atoms with Crippen LogP contribution in [0, 0.1) is 22.7 Å². The summed E-state index contributed by atoms with van der Waals surface area (Å²) in [5.74, 6) is 1.09. The molecule has 2 aromatic rings. The Morgan fingerprint density at radius 3 is 2.38 bits per heavy atom. The van der Waals surface area contributed by atoms with Gasteiger partial charge in [0.05, 0.1) is 28.9 Å². The smallest absolute Gasteiger partial charge is 0.143 e. The molecule has 0 saturated heterocycles. The second-order valence-corrected chi connectivity index (χ2v) is 6.80. The van der Waals surface area contributed by atoms with Gasteiger partial charge in [0.1, 0.15) is 17.7 Å². The minimum Gasteiger partial charge on any atom is -0.383 e. The lowest BCUT2D eigenvalue weighted by atomic mass is 9.92. The van der Waals surface area contributed by atoms with Gasteiger partial charge in [0.15, 0.2) is 0 Å². The molecule has 0 fully saturated rings. The van der Waals surface area contributed by atoms with Gasteiger partial charge in [-0.3, -0.25) is 0 Å². The second-order valence-electron chi connectivity index (χ2n) is 6.80. The summed E-state index contributed by atoms with van der Waals surface area (Å²) in [6.07, 6.45) is 0. The third-order valence-electron chi connectivity index (χ3n) is 4.06. The van der Waals surface area contributed by atoms with Gasteiger partial charge in [-0.05, 0) is 17.7 Å². The molecule has 1 aliphatic rings. The topological polar surface area (TPSA) is 103 Å². The van der Waals surface area contributed by atoms with Crippen molar-refractivity contribution in [3.8, 4) is 12.1 Å². The molecule has 1 aromatic carbocycles. The number of nitrogens with zero attached hydrogens (tertiary/aromatic N) is 4. The number of aromatic nitrogens is 2. The zero-order valence-corrected chi connectivity index (χ0v) is 13.8. The molecule has 6 heteroatoms. The van der Waals surface area contributed by atoms with Crippen LogP contribution in [-0.2, 0) is 5.41 Å². The maximum absolute atomic E-state index is 9.56. The van der Waals surface area contributed by atoms with E-state index in [0.29, 0.717) is 17.0 Å². The van der Waals surface area contributed by atoms with E-state index in [1.54, 1.807) is 16.8 Å². The van der Waals surface area contributed by atoms with Crippen molar-refractivity contribution in [1.82, 2.24) is 9.78 Å². The van der Waals surface area contributed by atoms with E-state index in [2.05, 4.69) is 43.3 Å². The number of hydrogen-bond donors (Lipinski definition) is 2. The summed E-state index contributed by atoms with van der Waals surface area (Å²) < 4.78 is 1.58. The van der Waals surface area contributed by atoms with Crippen LogP contribution in [0.5, 0.6) is 0 Å². The van der Waals surface area contributed by atoms with Crippen molar-refractivity contribution in [3.63, 3.8) is 0 Å². The van der Waals surface area contributed by atoms with E-state index in [9.17, 15) is 5.26 Å². The zero-order valence-electron chi connectivity index (χ0n) is 13.8. The molecule has 0 radical (unpaired) electrons. The molecule has 1 unspecified atom stereocenters. The van der Waals surface area contributed by atoms with Crippen molar-refractivity contribution in [2.75, 3.05) is 5.32 Å². The minimum absolute atomic E-state index is 0.122. The fraction of sp³-hybridized carbons (Fsp3) is 0.278. The normalized spacial score (nSPS) is 16.8. The molecule has 1 aliphatic heterocycles. The van der Waals surface area contributed by atoms with E-state index in [4.69, 9.17) is 11.0 Å². The molecule has 0 amide bonds. The molecule has 120 valence electrons. The average Bonchev–Trinajstić information content (AvgIpc) is 2.99. The molecule has 2 heterocycles. The van der Waals surface area contributed by atoms with Gasteiger partial charge in [0, 0.05) is 11.5 Å². The van der Waals surface area contributed by atoms with E-state index >= 15 is 0 Å². The van der Waals surface area contributed by atoms with Gasteiger partial charge in [0.25, 0.3) is 0 Å². The van der Waals surface area contributed by atoms with Crippen LogP contribution in [0.25, 0.3) is 5.82 Å². The Labute approximate surface area is 140 Å². The Morgan fingerprint density at radius 1 is 1.17 bits per heavy atom. The SMILES string of the molecule is CC(C)(C)c1cc2n(n1)C(N)=C(C#N)C(c1ccc(C#N)cc1)N2. The van der Waals surface area contributed by atoms with Crippen LogP contribution in [0.3, 0.4) is 0 Å². The Morgan fingerprint density at radius 2 is 1.83 bits per heavy atom. The summed E-state index contributed by atoms with van der Waals surface area (Å²) in [6, 6.07) is 13.0. The third-order valence-corrected chi connectivity index (χ3v) is 4.06. The van der Waals surface area contributed by atoms with Crippen LogP contribution in [-0.4, -0.2) is 9.78 Å². The Kier molecular flexibility index (Phi) is 3.54. The van der Waals surface area contributed by atoms with Crippen molar-refractivity contribution in [2.24, 2.45) is 5.73 Å². The lowest BCUT2D eigenvalue weighted by Crippen LogP contribution is -2.26. The van der Waals surface area contributed by atoms with Gasteiger partial charge in [-0.2, -0.15) is 15.6 Å². The van der Waals surface area contributed by atoms with Crippen molar-refractivity contribution < 1.29 is 0 Å². The molecule has 3 rings (SSSR count). The Hall–Kier alpha value is -3.25. The molecule has 0 saturated carbocycles. The van der Waals surface area contributed by atoms with Gasteiger partial charge in [0.2, 0.25) is 0 Å². The van der Waals surface area contributed by atoms with E-state index in [-0.39, 0.29) is 11.5 Å². The summed E-state index contributed by atoms with van der Waals surface area (Å²) in [4.78, 5) is 0. The summed E-state index contributed by atoms with van der Waals surface area (Å²) >= 11 is 0. The summed E-state index contributed by atoms with van der Waals surface area (Å²) in [5.41, 5.74) is 8.84. The summed E-state index contributed by atoms with van der Waals surface area (Å²) in [6.45, 7) is 6.22. The summed E-state index contributed by atoms with van der Waals surface area (Å²) in [7, 11) is 0. The number of nitrogens with two attached hydrogens (primary N) is 1. The molecule has 1 atom stereocenters. The lowest BCUT2D eigenvalue weighted by Gasteiger charge is -2.26. The third kappa shape index (κ3) is 2.49. The second kappa shape index (κ2) is 5.43. The first-order chi connectivity index (χ1) is 11.3. The van der Waals surface area contributed by atoms with E-state index in [1.807, 2.05) is 18.2 Å².